The van der Waals surface area contributed by atoms with E-state index >= 15 is 0 Å². The summed E-state index contributed by atoms with van der Waals surface area (Å²) in [5, 5.41) is 10.6. The van der Waals surface area contributed by atoms with Gasteiger partial charge in [-0.25, -0.2) is 9.13 Å². The molecule has 88 heavy (non-hydrogen) atoms. The van der Waals surface area contributed by atoms with E-state index in [0.717, 1.165) is 108 Å². The van der Waals surface area contributed by atoms with Crippen LogP contribution in [0.5, 0.6) is 0 Å². The first-order valence-corrected chi connectivity index (χ1v) is 38.7. The lowest BCUT2D eigenvalue weighted by molar-refractivity contribution is -0.161. The maximum Gasteiger partial charge on any atom is 0.472 e. The fraction of sp³-hybridized carbons (Fsp3) is 0.942. The van der Waals surface area contributed by atoms with Gasteiger partial charge in [-0.1, -0.05) is 287 Å². The molecule has 0 rings (SSSR count). The molecule has 0 bridgehead atoms. The van der Waals surface area contributed by atoms with Crippen LogP contribution in [0.25, 0.3) is 0 Å². The van der Waals surface area contributed by atoms with Crippen LogP contribution < -0.4 is 0 Å². The Morgan fingerprint density at radius 1 is 0.318 bits per heavy atom. The molecule has 19 heteroatoms. The van der Waals surface area contributed by atoms with Crippen LogP contribution in [0.3, 0.4) is 0 Å². The van der Waals surface area contributed by atoms with E-state index in [1.54, 1.807) is 0 Å². The Hall–Kier alpha value is -1.94. The number of aliphatic hydroxyl groups excluding tert-OH is 1. The van der Waals surface area contributed by atoms with Crippen molar-refractivity contribution in [3.05, 3.63) is 0 Å². The quantitative estimate of drug-likeness (QED) is 0.0222. The molecule has 0 fully saturated rings. The number of phosphoric acid groups is 2. The Kier molecular flexibility index (Phi) is 57.6. The number of esters is 4. The van der Waals surface area contributed by atoms with Crippen molar-refractivity contribution < 1.29 is 80.2 Å². The molecule has 0 saturated carbocycles. The minimum atomic E-state index is -4.95. The van der Waals surface area contributed by atoms with Gasteiger partial charge in [0.05, 0.1) is 26.4 Å². The highest BCUT2D eigenvalue weighted by Crippen LogP contribution is 2.45. The van der Waals surface area contributed by atoms with Crippen molar-refractivity contribution in [2.75, 3.05) is 39.6 Å². The summed E-state index contributed by atoms with van der Waals surface area (Å²) in [5.74, 6) is 0.812. The summed E-state index contributed by atoms with van der Waals surface area (Å²) in [7, 11) is -9.90. The Morgan fingerprint density at radius 2 is 0.545 bits per heavy atom. The van der Waals surface area contributed by atoms with Crippen molar-refractivity contribution in [1.29, 1.82) is 0 Å². The Labute approximate surface area is 537 Å². The molecule has 0 amide bonds. The molecule has 0 aromatic carbocycles. The van der Waals surface area contributed by atoms with Gasteiger partial charge < -0.3 is 33.8 Å². The Bertz CT molecular complexity index is 1750. The standard InChI is InChI=1S/C69H134O17P2/c1-9-62(8)48-40-32-23-16-14-12-10-11-13-15-17-25-35-43-51-68(73)85-65(56-80-67(72)50-42-34-28-27-31-39-47-61(6)7)58-84-88(77,78)82-54-63(70)53-81-87(75,76)83-57-64(86-69(74)52-44-36-26-20-22-30-38-46-60(4)5)55-79-66(71)49-41-33-24-19-18-21-29-37-45-59(2)3/h59-65,70H,9-58H2,1-8H3,(H,75,76)(H,77,78)/t62?,63?,64-,65-/m1/s1. The maximum absolute atomic E-state index is 13.0. The van der Waals surface area contributed by atoms with Crippen molar-refractivity contribution in [2.24, 2.45) is 23.7 Å². The van der Waals surface area contributed by atoms with Crippen molar-refractivity contribution >= 4 is 39.5 Å². The highest BCUT2D eigenvalue weighted by atomic mass is 31.2. The number of ether oxygens (including phenoxy) is 4. The van der Waals surface area contributed by atoms with E-state index in [0.29, 0.717) is 37.5 Å². The van der Waals surface area contributed by atoms with E-state index in [1.807, 2.05) is 0 Å². The summed E-state index contributed by atoms with van der Waals surface area (Å²) >= 11 is 0. The van der Waals surface area contributed by atoms with Crippen LogP contribution >= 0.6 is 15.6 Å². The monoisotopic (exact) mass is 1300 g/mol. The third-order valence-electron chi connectivity index (χ3n) is 16.2. The molecule has 0 aliphatic carbocycles. The van der Waals surface area contributed by atoms with Gasteiger partial charge >= 0.3 is 39.5 Å². The molecule has 522 valence electrons. The normalized spacial score (nSPS) is 14.6. The zero-order valence-electron chi connectivity index (χ0n) is 57.3. The molecule has 6 atom stereocenters. The van der Waals surface area contributed by atoms with Gasteiger partial charge in [0.2, 0.25) is 0 Å². The first-order valence-electron chi connectivity index (χ1n) is 35.7. The number of carbonyl (C=O) groups excluding carboxylic acids is 4. The van der Waals surface area contributed by atoms with Crippen LogP contribution in [0.1, 0.15) is 338 Å². The largest absolute Gasteiger partial charge is 0.472 e. The van der Waals surface area contributed by atoms with E-state index in [-0.39, 0.29) is 25.7 Å². The summed E-state index contributed by atoms with van der Waals surface area (Å²) in [6.45, 7) is 14.0. The summed E-state index contributed by atoms with van der Waals surface area (Å²) in [6.07, 6.45) is 40.6. The van der Waals surface area contributed by atoms with Crippen LogP contribution in [0.2, 0.25) is 0 Å². The first kappa shape index (κ1) is 86.1. The molecule has 17 nitrogen and oxygen atoms in total. The van der Waals surface area contributed by atoms with E-state index in [4.69, 9.17) is 37.0 Å². The zero-order chi connectivity index (χ0) is 65.4. The van der Waals surface area contributed by atoms with Crippen molar-refractivity contribution in [1.82, 2.24) is 0 Å². The zero-order valence-corrected chi connectivity index (χ0v) is 59.1. The molecule has 0 saturated heterocycles. The SMILES string of the molecule is CCC(C)CCCCCCCCCCCCCCCCC(=O)O[C@H](COC(=O)CCCCCCCCC(C)C)COP(=O)(O)OCC(O)COP(=O)(O)OC[C@@H](COC(=O)CCCCCCCCCCC(C)C)OC(=O)CCCCCCCCCC(C)C. The van der Waals surface area contributed by atoms with Crippen LogP contribution in [-0.2, 0) is 65.4 Å². The molecular weight excluding hydrogens is 1160 g/mol. The van der Waals surface area contributed by atoms with Crippen molar-refractivity contribution in [3.63, 3.8) is 0 Å². The third-order valence-corrected chi connectivity index (χ3v) is 18.1. The first-order chi connectivity index (χ1) is 42.1. The number of phosphoric ester groups is 2. The predicted molar refractivity (Wildman–Crippen MR) is 354 cm³/mol. The third kappa shape index (κ3) is 61.6. The molecule has 0 aliphatic heterocycles. The number of hydrogen-bond donors (Lipinski definition) is 3. The van der Waals surface area contributed by atoms with Gasteiger partial charge in [0.1, 0.15) is 19.3 Å². The number of carbonyl (C=O) groups is 4. The molecule has 0 aliphatic rings. The molecule has 0 aromatic heterocycles. The summed E-state index contributed by atoms with van der Waals surface area (Å²) < 4.78 is 68.2. The van der Waals surface area contributed by atoms with Gasteiger partial charge in [-0.2, -0.15) is 0 Å². The van der Waals surface area contributed by atoms with Crippen LogP contribution in [-0.4, -0.2) is 96.7 Å². The lowest BCUT2D eigenvalue weighted by Crippen LogP contribution is -2.30. The molecule has 0 heterocycles. The molecule has 3 N–H and O–H groups in total. The van der Waals surface area contributed by atoms with Crippen LogP contribution in [0.15, 0.2) is 0 Å². The molecule has 4 unspecified atom stereocenters. The van der Waals surface area contributed by atoms with Crippen molar-refractivity contribution in [2.45, 2.75) is 356 Å². The fourth-order valence-electron chi connectivity index (χ4n) is 10.3. The lowest BCUT2D eigenvalue weighted by atomic mass is 9.99. The Balaban J connectivity index is 5.20. The van der Waals surface area contributed by atoms with Crippen molar-refractivity contribution in [3.8, 4) is 0 Å². The predicted octanol–water partition coefficient (Wildman–Crippen LogP) is 19.3. The fourth-order valence-corrected chi connectivity index (χ4v) is 11.9. The molecule has 0 spiro atoms. The van der Waals surface area contributed by atoms with E-state index in [1.165, 1.54) is 135 Å². The van der Waals surface area contributed by atoms with Gasteiger partial charge in [-0.3, -0.25) is 37.3 Å². The van der Waals surface area contributed by atoms with E-state index in [9.17, 15) is 43.2 Å². The maximum atomic E-state index is 13.0. The second-order valence-corrected chi connectivity index (χ2v) is 29.5. The summed E-state index contributed by atoms with van der Waals surface area (Å²) in [6, 6.07) is 0. The summed E-state index contributed by atoms with van der Waals surface area (Å²) in [4.78, 5) is 72.4. The topological polar surface area (TPSA) is 237 Å². The second-order valence-electron chi connectivity index (χ2n) is 26.6. The number of unbranched alkanes of at least 4 members (excludes halogenated alkanes) is 31. The van der Waals surface area contributed by atoms with E-state index < -0.39 is 97.5 Å². The minimum Gasteiger partial charge on any atom is -0.462 e. The average Bonchev–Trinajstić information content (AvgIpc) is 3.53. The minimum absolute atomic E-state index is 0.102. The van der Waals surface area contributed by atoms with Gasteiger partial charge in [0.25, 0.3) is 0 Å². The lowest BCUT2D eigenvalue weighted by Gasteiger charge is -2.21. The van der Waals surface area contributed by atoms with Gasteiger partial charge in [0.15, 0.2) is 12.2 Å². The van der Waals surface area contributed by atoms with E-state index in [2.05, 4.69) is 55.4 Å². The van der Waals surface area contributed by atoms with Gasteiger partial charge in [0, 0.05) is 25.7 Å². The average molecular weight is 1300 g/mol. The second kappa shape index (κ2) is 58.8. The smallest absolute Gasteiger partial charge is 0.462 e. The number of hydrogen-bond acceptors (Lipinski definition) is 15. The van der Waals surface area contributed by atoms with Crippen LogP contribution in [0, 0.1) is 23.7 Å². The summed E-state index contributed by atoms with van der Waals surface area (Å²) in [5.41, 5.74) is 0. The molecular formula is C69H134O17P2. The number of aliphatic hydroxyl groups is 1. The van der Waals surface area contributed by atoms with Crippen LogP contribution in [0.4, 0.5) is 0 Å². The molecule has 0 aromatic rings. The number of rotatable bonds is 66. The Morgan fingerprint density at radius 3 is 0.807 bits per heavy atom. The molecule has 0 radical (unpaired) electrons. The van der Waals surface area contributed by atoms with Gasteiger partial charge in [-0.15, -0.1) is 0 Å². The van der Waals surface area contributed by atoms with Gasteiger partial charge in [-0.05, 0) is 49.4 Å². The highest BCUT2D eigenvalue weighted by Gasteiger charge is 2.30. The highest BCUT2D eigenvalue weighted by molar-refractivity contribution is 7.47.